The van der Waals surface area contributed by atoms with Crippen molar-refractivity contribution in [3.8, 4) is 0 Å². The summed E-state index contributed by atoms with van der Waals surface area (Å²) in [5.74, 6) is -0.947. The number of halogens is 1. The molecule has 0 unspecified atom stereocenters. The van der Waals surface area contributed by atoms with E-state index in [2.05, 4.69) is 18.7 Å². The van der Waals surface area contributed by atoms with Gasteiger partial charge in [-0.2, -0.15) is 0 Å². The van der Waals surface area contributed by atoms with Crippen LogP contribution < -0.4 is 4.90 Å². The monoisotopic (exact) mass is 281 g/mol. The summed E-state index contributed by atoms with van der Waals surface area (Å²) in [6.07, 6.45) is 4.99. The Bertz CT molecular complexity index is 457. The fourth-order valence-electron chi connectivity index (χ4n) is 1.89. The van der Waals surface area contributed by atoms with Crippen molar-refractivity contribution in [2.75, 3.05) is 18.0 Å². The van der Waals surface area contributed by atoms with Crippen LogP contribution in [-0.2, 0) is 4.79 Å². The summed E-state index contributed by atoms with van der Waals surface area (Å²) < 4.78 is 0. The van der Waals surface area contributed by atoms with Gasteiger partial charge >= 0.3 is 5.97 Å². The Balaban J connectivity index is 3.07. The van der Waals surface area contributed by atoms with E-state index in [9.17, 15) is 4.79 Å². The topological polar surface area (TPSA) is 40.5 Å². The Morgan fingerprint density at radius 3 is 2.74 bits per heavy atom. The van der Waals surface area contributed by atoms with Crippen LogP contribution in [-0.4, -0.2) is 24.2 Å². The predicted octanol–water partition coefficient (Wildman–Crippen LogP) is 4.06. The average Bonchev–Trinajstić information content (AvgIpc) is 2.38. The second kappa shape index (κ2) is 7.85. The van der Waals surface area contributed by atoms with Crippen molar-refractivity contribution in [2.24, 2.45) is 0 Å². The summed E-state index contributed by atoms with van der Waals surface area (Å²) in [5, 5.41) is 9.40. The third kappa shape index (κ3) is 4.95. The summed E-state index contributed by atoms with van der Waals surface area (Å²) >= 11 is 6.05. The van der Waals surface area contributed by atoms with E-state index >= 15 is 0 Å². The van der Waals surface area contributed by atoms with Crippen LogP contribution in [0.15, 0.2) is 24.3 Å². The van der Waals surface area contributed by atoms with Gasteiger partial charge in [-0.05, 0) is 37.1 Å². The zero-order valence-corrected chi connectivity index (χ0v) is 12.2. The molecule has 0 spiro atoms. The van der Waals surface area contributed by atoms with E-state index in [0.717, 1.165) is 43.3 Å². The van der Waals surface area contributed by atoms with Gasteiger partial charge in [0, 0.05) is 29.9 Å². The molecule has 0 bridgehead atoms. The molecule has 1 aromatic carbocycles. The molecule has 0 heterocycles. The van der Waals surface area contributed by atoms with Crippen molar-refractivity contribution >= 4 is 29.3 Å². The number of carboxylic acids is 1. The van der Waals surface area contributed by atoms with Crippen molar-refractivity contribution in [3.63, 3.8) is 0 Å². The smallest absolute Gasteiger partial charge is 0.328 e. The van der Waals surface area contributed by atoms with Gasteiger partial charge in [-0.3, -0.25) is 0 Å². The van der Waals surface area contributed by atoms with Crippen LogP contribution in [0.25, 0.3) is 6.08 Å². The molecule has 3 nitrogen and oxygen atoms in total. The first-order chi connectivity index (χ1) is 9.08. The van der Waals surface area contributed by atoms with Gasteiger partial charge in [0.25, 0.3) is 0 Å². The first kappa shape index (κ1) is 15.6. The van der Waals surface area contributed by atoms with Gasteiger partial charge in [0.05, 0.1) is 0 Å². The van der Waals surface area contributed by atoms with Gasteiger partial charge in [-0.25, -0.2) is 4.79 Å². The molecule has 0 aliphatic carbocycles. The van der Waals surface area contributed by atoms with E-state index in [4.69, 9.17) is 16.7 Å². The van der Waals surface area contributed by atoms with Crippen LogP contribution in [0.3, 0.4) is 0 Å². The van der Waals surface area contributed by atoms with Crippen molar-refractivity contribution in [2.45, 2.75) is 26.7 Å². The molecular formula is C15H20ClNO2. The molecule has 0 aliphatic heterocycles. The van der Waals surface area contributed by atoms with Crippen LogP contribution in [0, 0.1) is 0 Å². The third-order valence-electron chi connectivity index (χ3n) is 2.90. The number of carboxylic acid groups (broad SMARTS) is 1. The van der Waals surface area contributed by atoms with E-state index in [0.29, 0.717) is 5.02 Å². The van der Waals surface area contributed by atoms with E-state index in [-0.39, 0.29) is 0 Å². The van der Waals surface area contributed by atoms with Gasteiger partial charge in [0.1, 0.15) is 0 Å². The number of benzene rings is 1. The van der Waals surface area contributed by atoms with Crippen LogP contribution >= 0.6 is 11.6 Å². The molecule has 4 heteroatoms. The lowest BCUT2D eigenvalue weighted by Crippen LogP contribution is -2.24. The SMILES string of the molecule is CCCCN(CC)c1cc(Cl)ccc1/C=C/C(=O)O. The number of hydrogen-bond acceptors (Lipinski definition) is 2. The zero-order chi connectivity index (χ0) is 14.3. The third-order valence-corrected chi connectivity index (χ3v) is 3.14. The zero-order valence-electron chi connectivity index (χ0n) is 11.4. The van der Waals surface area contributed by atoms with E-state index in [1.165, 1.54) is 0 Å². The largest absolute Gasteiger partial charge is 0.478 e. The maximum absolute atomic E-state index is 10.6. The number of nitrogens with zero attached hydrogens (tertiary/aromatic N) is 1. The van der Waals surface area contributed by atoms with Gasteiger partial charge in [-0.1, -0.05) is 31.0 Å². The normalized spacial score (nSPS) is 10.9. The van der Waals surface area contributed by atoms with Crippen molar-refractivity contribution in [3.05, 3.63) is 34.9 Å². The lowest BCUT2D eigenvalue weighted by molar-refractivity contribution is -0.131. The molecule has 0 radical (unpaired) electrons. The molecular weight excluding hydrogens is 262 g/mol. The highest BCUT2D eigenvalue weighted by atomic mass is 35.5. The molecule has 1 rings (SSSR count). The Kier molecular flexibility index (Phi) is 6.43. The fraction of sp³-hybridized carbons (Fsp3) is 0.400. The highest BCUT2D eigenvalue weighted by Gasteiger charge is 2.09. The summed E-state index contributed by atoms with van der Waals surface area (Å²) in [6.45, 7) is 6.05. The van der Waals surface area contributed by atoms with Crippen LogP contribution in [0.4, 0.5) is 5.69 Å². The Labute approximate surface area is 119 Å². The van der Waals surface area contributed by atoms with Crippen molar-refractivity contribution < 1.29 is 9.90 Å². The Hall–Kier alpha value is -1.48. The highest BCUT2D eigenvalue weighted by Crippen LogP contribution is 2.26. The fourth-order valence-corrected chi connectivity index (χ4v) is 2.06. The minimum Gasteiger partial charge on any atom is -0.478 e. The highest BCUT2D eigenvalue weighted by molar-refractivity contribution is 6.31. The van der Waals surface area contributed by atoms with Crippen LogP contribution in [0.1, 0.15) is 32.3 Å². The minimum atomic E-state index is -0.947. The quantitative estimate of drug-likeness (QED) is 0.766. The lowest BCUT2D eigenvalue weighted by Gasteiger charge is -2.25. The number of hydrogen-bond donors (Lipinski definition) is 1. The Morgan fingerprint density at radius 1 is 1.42 bits per heavy atom. The average molecular weight is 282 g/mol. The lowest BCUT2D eigenvalue weighted by atomic mass is 10.1. The molecule has 0 amide bonds. The number of rotatable bonds is 7. The Morgan fingerprint density at radius 2 is 2.16 bits per heavy atom. The van der Waals surface area contributed by atoms with E-state index in [1.807, 2.05) is 12.1 Å². The maximum Gasteiger partial charge on any atom is 0.328 e. The molecule has 0 aliphatic rings. The number of carbonyl (C=O) groups is 1. The van der Waals surface area contributed by atoms with E-state index in [1.54, 1.807) is 12.1 Å². The standard InChI is InChI=1S/C15H20ClNO2/c1-3-5-10-17(4-2)14-11-13(16)8-6-12(14)7-9-15(18)19/h6-9,11H,3-5,10H2,1-2H3,(H,18,19)/b9-7+. The summed E-state index contributed by atoms with van der Waals surface area (Å²) in [5.41, 5.74) is 1.87. The number of anilines is 1. The number of aliphatic carboxylic acids is 1. The van der Waals surface area contributed by atoms with Crippen LogP contribution in [0.2, 0.25) is 5.02 Å². The molecule has 104 valence electrons. The van der Waals surface area contributed by atoms with Gasteiger partial charge in [0.2, 0.25) is 0 Å². The molecule has 1 aromatic rings. The van der Waals surface area contributed by atoms with Crippen LogP contribution in [0.5, 0.6) is 0 Å². The molecule has 0 saturated carbocycles. The first-order valence-corrected chi connectivity index (χ1v) is 6.91. The van der Waals surface area contributed by atoms with Gasteiger partial charge < -0.3 is 10.0 Å². The predicted molar refractivity (Wildman–Crippen MR) is 80.9 cm³/mol. The van der Waals surface area contributed by atoms with E-state index < -0.39 is 5.97 Å². The van der Waals surface area contributed by atoms with Crippen molar-refractivity contribution in [1.29, 1.82) is 0 Å². The maximum atomic E-state index is 10.6. The van der Waals surface area contributed by atoms with Gasteiger partial charge in [0.15, 0.2) is 0 Å². The molecule has 0 atom stereocenters. The molecule has 0 aromatic heterocycles. The second-order valence-electron chi connectivity index (χ2n) is 4.31. The summed E-state index contributed by atoms with van der Waals surface area (Å²) in [6, 6.07) is 5.52. The molecule has 19 heavy (non-hydrogen) atoms. The summed E-state index contributed by atoms with van der Waals surface area (Å²) in [7, 11) is 0. The number of unbranched alkanes of at least 4 members (excludes halogenated alkanes) is 1. The molecule has 0 saturated heterocycles. The second-order valence-corrected chi connectivity index (χ2v) is 4.74. The van der Waals surface area contributed by atoms with Crippen molar-refractivity contribution in [1.82, 2.24) is 0 Å². The molecule has 0 fully saturated rings. The first-order valence-electron chi connectivity index (χ1n) is 6.54. The van der Waals surface area contributed by atoms with Gasteiger partial charge in [-0.15, -0.1) is 0 Å². The molecule has 1 N–H and O–H groups in total. The summed E-state index contributed by atoms with van der Waals surface area (Å²) in [4.78, 5) is 12.9. The minimum absolute atomic E-state index is 0.664.